The van der Waals surface area contributed by atoms with Gasteiger partial charge in [0, 0.05) is 19.3 Å². The molecule has 0 spiro atoms. The van der Waals surface area contributed by atoms with E-state index in [4.69, 9.17) is 14.2 Å². The van der Waals surface area contributed by atoms with Gasteiger partial charge in [0.25, 0.3) is 0 Å². The highest BCUT2D eigenvalue weighted by Gasteiger charge is 2.19. The van der Waals surface area contributed by atoms with Crippen molar-refractivity contribution in [1.29, 1.82) is 0 Å². The molecule has 0 saturated carbocycles. The highest BCUT2D eigenvalue weighted by Crippen LogP contribution is 2.16. The maximum atomic E-state index is 12.9. The Morgan fingerprint density at radius 1 is 0.284 bits per heavy atom. The van der Waals surface area contributed by atoms with Gasteiger partial charge in [-0.3, -0.25) is 14.4 Å². The van der Waals surface area contributed by atoms with Gasteiger partial charge in [-0.05, 0) is 116 Å². The van der Waals surface area contributed by atoms with Crippen molar-refractivity contribution >= 4 is 17.9 Å². The fourth-order valence-electron chi connectivity index (χ4n) is 8.87. The first-order valence-electron chi connectivity index (χ1n) is 31.6. The van der Waals surface area contributed by atoms with E-state index >= 15 is 0 Å². The average Bonchev–Trinajstić information content (AvgIpc) is 3.40. The maximum Gasteiger partial charge on any atom is 0.306 e. The zero-order valence-corrected chi connectivity index (χ0v) is 48.8. The van der Waals surface area contributed by atoms with Crippen molar-refractivity contribution in [3.63, 3.8) is 0 Å². The van der Waals surface area contributed by atoms with Crippen LogP contribution in [0.15, 0.2) is 85.1 Å². The smallest absolute Gasteiger partial charge is 0.306 e. The van der Waals surface area contributed by atoms with Crippen LogP contribution in [0.25, 0.3) is 0 Å². The van der Waals surface area contributed by atoms with Gasteiger partial charge in [0.15, 0.2) is 6.10 Å². The Morgan fingerprint density at radius 3 is 0.851 bits per heavy atom. The minimum atomic E-state index is -0.789. The molecule has 0 radical (unpaired) electrons. The molecule has 0 aliphatic rings. The standard InChI is InChI=1S/C68H118O6/c1-4-7-10-13-16-19-22-25-28-30-31-32-33-34-35-36-37-38-41-43-46-49-52-55-58-61-67(70)73-64-65(63-72-66(69)60-57-54-51-48-45-42-39-27-24-21-18-15-12-9-6-3)74-68(71)62-59-56-53-50-47-44-40-29-26-23-20-17-14-11-8-5-2/h7,10,16,19-20,23,25,27-29,31-32,39-40,65H,4-6,8-9,11-15,17-18,21-22,24,26,30,33-38,41-64H2,1-3H3/b10-7-,19-16-,23-20-,28-25-,32-31-,39-27-,40-29-. The van der Waals surface area contributed by atoms with Crippen LogP contribution in [0, 0.1) is 0 Å². The van der Waals surface area contributed by atoms with Gasteiger partial charge >= 0.3 is 17.9 Å². The van der Waals surface area contributed by atoms with Gasteiger partial charge in [0.05, 0.1) is 0 Å². The van der Waals surface area contributed by atoms with Crippen molar-refractivity contribution in [2.75, 3.05) is 13.2 Å². The first-order valence-corrected chi connectivity index (χ1v) is 31.6. The normalized spacial score (nSPS) is 12.6. The zero-order chi connectivity index (χ0) is 53.6. The maximum absolute atomic E-state index is 12.9. The van der Waals surface area contributed by atoms with Crippen LogP contribution >= 0.6 is 0 Å². The second kappa shape index (κ2) is 62.1. The molecule has 0 aliphatic carbocycles. The average molecular weight is 1030 g/mol. The number of hydrogen-bond acceptors (Lipinski definition) is 6. The Labute approximate surface area is 458 Å². The lowest BCUT2D eigenvalue weighted by molar-refractivity contribution is -0.167. The second-order valence-electron chi connectivity index (χ2n) is 20.9. The van der Waals surface area contributed by atoms with Crippen molar-refractivity contribution in [2.45, 2.75) is 316 Å². The number of hydrogen-bond donors (Lipinski definition) is 0. The van der Waals surface area contributed by atoms with Crippen LogP contribution in [-0.2, 0) is 28.6 Å². The Hall–Kier alpha value is -3.41. The number of carbonyl (C=O) groups excluding carboxylic acids is 3. The SMILES string of the molecule is CC/C=C\C/C=C\C/C=C\C/C=C\CCCCCCCCCCCCCCC(=O)OCC(COC(=O)CCCCCCC/C=C\CCCCCCCC)OC(=O)CCCCCCC/C=C\C/C=C\CCCCCC. The molecule has 6 nitrogen and oxygen atoms in total. The fraction of sp³-hybridized carbons (Fsp3) is 0.750. The van der Waals surface area contributed by atoms with Crippen LogP contribution in [0.5, 0.6) is 0 Å². The van der Waals surface area contributed by atoms with Crippen LogP contribution < -0.4 is 0 Å². The van der Waals surface area contributed by atoms with Gasteiger partial charge in [-0.2, -0.15) is 0 Å². The number of unbranched alkanes of at least 4 members (excludes halogenated alkanes) is 32. The highest BCUT2D eigenvalue weighted by atomic mass is 16.6. The number of allylic oxidation sites excluding steroid dienone is 14. The number of carbonyl (C=O) groups is 3. The highest BCUT2D eigenvalue weighted by molar-refractivity contribution is 5.71. The first kappa shape index (κ1) is 70.6. The van der Waals surface area contributed by atoms with Gasteiger partial charge in [-0.1, -0.05) is 260 Å². The molecular weight excluding hydrogens is 913 g/mol. The Balaban J connectivity index is 4.33. The topological polar surface area (TPSA) is 78.9 Å². The Bertz CT molecular complexity index is 1420. The van der Waals surface area contributed by atoms with Crippen molar-refractivity contribution in [1.82, 2.24) is 0 Å². The molecule has 0 N–H and O–H groups in total. The molecule has 426 valence electrons. The van der Waals surface area contributed by atoms with E-state index in [0.717, 1.165) is 116 Å². The summed E-state index contributed by atoms with van der Waals surface area (Å²) < 4.78 is 16.9. The predicted octanol–water partition coefficient (Wildman–Crippen LogP) is 21.5. The zero-order valence-electron chi connectivity index (χ0n) is 48.8. The van der Waals surface area contributed by atoms with Crippen molar-refractivity contribution < 1.29 is 28.6 Å². The second-order valence-corrected chi connectivity index (χ2v) is 20.9. The summed E-state index contributed by atoms with van der Waals surface area (Å²) in [6.07, 6.45) is 81.5. The largest absolute Gasteiger partial charge is 0.462 e. The molecule has 1 unspecified atom stereocenters. The summed E-state index contributed by atoms with van der Waals surface area (Å²) in [5, 5.41) is 0. The number of esters is 3. The molecule has 0 aromatic carbocycles. The lowest BCUT2D eigenvalue weighted by atomic mass is 10.0. The molecular formula is C68H118O6. The summed E-state index contributed by atoms with van der Waals surface area (Å²) in [6.45, 7) is 6.51. The van der Waals surface area contributed by atoms with Crippen LogP contribution in [0.3, 0.4) is 0 Å². The van der Waals surface area contributed by atoms with E-state index in [1.807, 2.05) is 0 Å². The molecule has 1 atom stereocenters. The molecule has 0 rings (SSSR count). The van der Waals surface area contributed by atoms with E-state index in [9.17, 15) is 14.4 Å². The molecule has 0 amide bonds. The van der Waals surface area contributed by atoms with E-state index in [2.05, 4.69) is 106 Å². The summed E-state index contributed by atoms with van der Waals surface area (Å²) >= 11 is 0. The van der Waals surface area contributed by atoms with Gasteiger partial charge < -0.3 is 14.2 Å². The third-order valence-electron chi connectivity index (χ3n) is 13.6. The van der Waals surface area contributed by atoms with Crippen LogP contribution in [-0.4, -0.2) is 37.2 Å². The predicted molar refractivity (Wildman–Crippen MR) is 321 cm³/mol. The fourth-order valence-corrected chi connectivity index (χ4v) is 8.87. The molecule has 0 fully saturated rings. The number of ether oxygens (including phenoxy) is 3. The molecule has 0 saturated heterocycles. The minimum absolute atomic E-state index is 0.0845. The molecule has 0 bridgehead atoms. The lowest BCUT2D eigenvalue weighted by Crippen LogP contribution is -2.30. The third-order valence-corrected chi connectivity index (χ3v) is 13.6. The van der Waals surface area contributed by atoms with Gasteiger partial charge in [-0.25, -0.2) is 0 Å². The minimum Gasteiger partial charge on any atom is -0.462 e. The first-order chi connectivity index (χ1) is 36.5. The van der Waals surface area contributed by atoms with Crippen molar-refractivity contribution in [3.05, 3.63) is 85.1 Å². The molecule has 0 aliphatic heterocycles. The molecule has 0 aromatic heterocycles. The van der Waals surface area contributed by atoms with Crippen LogP contribution in [0.2, 0.25) is 0 Å². The molecule has 0 heterocycles. The van der Waals surface area contributed by atoms with Crippen LogP contribution in [0.1, 0.15) is 310 Å². The summed E-state index contributed by atoms with van der Waals surface area (Å²) in [5.41, 5.74) is 0. The van der Waals surface area contributed by atoms with E-state index < -0.39 is 6.10 Å². The molecule has 6 heteroatoms. The van der Waals surface area contributed by atoms with Crippen molar-refractivity contribution in [3.8, 4) is 0 Å². The summed E-state index contributed by atoms with van der Waals surface area (Å²) in [4.78, 5) is 38.3. The summed E-state index contributed by atoms with van der Waals surface area (Å²) in [6, 6.07) is 0. The number of rotatable bonds is 57. The van der Waals surface area contributed by atoms with E-state index in [1.54, 1.807) is 0 Å². The van der Waals surface area contributed by atoms with Gasteiger partial charge in [0.2, 0.25) is 0 Å². The third kappa shape index (κ3) is 59.5. The molecule has 74 heavy (non-hydrogen) atoms. The summed E-state index contributed by atoms with van der Waals surface area (Å²) in [7, 11) is 0. The quantitative estimate of drug-likeness (QED) is 0.0261. The van der Waals surface area contributed by atoms with E-state index in [0.29, 0.717) is 19.3 Å². The van der Waals surface area contributed by atoms with E-state index in [1.165, 1.54) is 154 Å². The van der Waals surface area contributed by atoms with Gasteiger partial charge in [-0.15, -0.1) is 0 Å². The van der Waals surface area contributed by atoms with E-state index in [-0.39, 0.29) is 31.1 Å². The lowest BCUT2D eigenvalue weighted by Gasteiger charge is -2.18. The Morgan fingerprint density at radius 2 is 0.527 bits per heavy atom. The summed E-state index contributed by atoms with van der Waals surface area (Å²) in [5.74, 6) is -0.897. The van der Waals surface area contributed by atoms with Crippen LogP contribution in [0.4, 0.5) is 0 Å². The molecule has 0 aromatic rings. The van der Waals surface area contributed by atoms with Gasteiger partial charge in [0.1, 0.15) is 13.2 Å². The monoisotopic (exact) mass is 1030 g/mol. The Kier molecular flexibility index (Phi) is 59.3. The van der Waals surface area contributed by atoms with Crippen molar-refractivity contribution in [2.24, 2.45) is 0 Å².